The molecule has 2 aromatic rings. The van der Waals surface area contributed by atoms with E-state index >= 15 is 0 Å². The Kier molecular flexibility index (Phi) is 5.22. The van der Waals surface area contributed by atoms with Gasteiger partial charge in [0, 0.05) is 18.0 Å². The van der Waals surface area contributed by atoms with E-state index in [2.05, 4.69) is 15.3 Å². The van der Waals surface area contributed by atoms with Gasteiger partial charge in [0.15, 0.2) is 5.75 Å². The fourth-order valence-corrected chi connectivity index (χ4v) is 1.89. The Morgan fingerprint density at radius 2 is 2.05 bits per heavy atom. The number of nitrogens with one attached hydrogen (secondary N) is 1. The first-order valence-corrected chi connectivity index (χ1v) is 6.98. The molecule has 0 unspecified atom stereocenters. The molecule has 0 amide bonds. The van der Waals surface area contributed by atoms with Crippen LogP contribution in [-0.4, -0.2) is 17.0 Å². The number of ether oxygens (including phenoxy) is 1. The van der Waals surface area contributed by atoms with E-state index < -0.39 is 0 Å². The van der Waals surface area contributed by atoms with Crippen molar-refractivity contribution >= 4 is 0 Å². The minimum absolute atomic E-state index is 0.160. The highest BCUT2D eigenvalue weighted by Gasteiger charge is 2.11. The Morgan fingerprint density at radius 1 is 1.29 bits per heavy atom. The predicted octanol–water partition coefficient (Wildman–Crippen LogP) is 3.04. The third-order valence-electron chi connectivity index (χ3n) is 3.05. The molecule has 21 heavy (non-hydrogen) atoms. The van der Waals surface area contributed by atoms with Gasteiger partial charge in [0.1, 0.15) is 18.2 Å². The van der Waals surface area contributed by atoms with E-state index in [1.54, 1.807) is 24.4 Å². The normalized spacial score (nSPS) is 10.9. The van der Waals surface area contributed by atoms with E-state index in [0.29, 0.717) is 17.9 Å². The van der Waals surface area contributed by atoms with E-state index in [9.17, 15) is 4.39 Å². The first-order valence-electron chi connectivity index (χ1n) is 6.98. The lowest BCUT2D eigenvalue weighted by atomic mass is 10.2. The maximum Gasteiger partial charge on any atom is 0.160 e. The monoisotopic (exact) mass is 289 g/mol. The van der Waals surface area contributed by atoms with Gasteiger partial charge < -0.3 is 10.1 Å². The molecule has 0 bridgehead atoms. The van der Waals surface area contributed by atoms with Gasteiger partial charge in [-0.3, -0.25) is 0 Å². The molecule has 0 spiro atoms. The quantitative estimate of drug-likeness (QED) is 0.888. The van der Waals surface area contributed by atoms with Crippen LogP contribution in [0.3, 0.4) is 0 Å². The predicted molar refractivity (Wildman–Crippen MR) is 79.6 cm³/mol. The number of benzene rings is 1. The van der Waals surface area contributed by atoms with Gasteiger partial charge in [0.05, 0.1) is 11.9 Å². The lowest BCUT2D eigenvalue weighted by Crippen LogP contribution is -2.12. The van der Waals surface area contributed by atoms with Crippen LogP contribution in [0.5, 0.6) is 5.75 Å². The summed E-state index contributed by atoms with van der Waals surface area (Å²) in [7, 11) is 1.85. The standard InChI is InChI=1S/C16H20FN3O/c1-11(2)16-19-9-15(14(20-16)8-18-3)21-10-12-6-4-5-7-13(12)17/h4-7,9,11,18H,8,10H2,1-3H3. The zero-order valence-electron chi connectivity index (χ0n) is 12.6. The molecule has 1 heterocycles. The van der Waals surface area contributed by atoms with Crippen molar-refractivity contribution in [2.75, 3.05) is 7.05 Å². The summed E-state index contributed by atoms with van der Waals surface area (Å²) in [5.74, 6) is 1.34. The van der Waals surface area contributed by atoms with Crippen LogP contribution in [0.4, 0.5) is 4.39 Å². The molecule has 0 aliphatic rings. The van der Waals surface area contributed by atoms with E-state index in [1.165, 1.54) is 6.07 Å². The average molecular weight is 289 g/mol. The minimum Gasteiger partial charge on any atom is -0.485 e. The van der Waals surface area contributed by atoms with Crippen LogP contribution in [0.2, 0.25) is 0 Å². The number of nitrogens with zero attached hydrogens (tertiary/aromatic N) is 2. The first-order chi connectivity index (χ1) is 10.1. The van der Waals surface area contributed by atoms with Crippen LogP contribution in [0.25, 0.3) is 0 Å². The third-order valence-corrected chi connectivity index (χ3v) is 3.05. The average Bonchev–Trinajstić information content (AvgIpc) is 2.47. The van der Waals surface area contributed by atoms with Crippen molar-refractivity contribution in [1.82, 2.24) is 15.3 Å². The lowest BCUT2D eigenvalue weighted by Gasteiger charge is -2.13. The molecule has 4 nitrogen and oxygen atoms in total. The molecule has 0 saturated carbocycles. The van der Waals surface area contributed by atoms with Crippen molar-refractivity contribution < 1.29 is 9.13 Å². The van der Waals surface area contributed by atoms with Crippen molar-refractivity contribution in [2.45, 2.75) is 32.9 Å². The Balaban J connectivity index is 2.17. The molecular weight excluding hydrogens is 269 g/mol. The first kappa shape index (κ1) is 15.4. The van der Waals surface area contributed by atoms with Crippen LogP contribution in [-0.2, 0) is 13.2 Å². The SMILES string of the molecule is CNCc1nc(C(C)C)ncc1OCc1ccccc1F. The molecule has 0 fully saturated rings. The summed E-state index contributed by atoms with van der Waals surface area (Å²) in [6.07, 6.45) is 1.66. The van der Waals surface area contributed by atoms with Gasteiger partial charge in [0.2, 0.25) is 0 Å². The highest BCUT2D eigenvalue weighted by Crippen LogP contribution is 2.20. The number of rotatable bonds is 6. The van der Waals surface area contributed by atoms with Gasteiger partial charge in [0.25, 0.3) is 0 Å². The summed E-state index contributed by atoms with van der Waals surface area (Å²) in [4.78, 5) is 8.80. The second-order valence-corrected chi connectivity index (χ2v) is 5.10. The van der Waals surface area contributed by atoms with Crippen molar-refractivity contribution in [3.05, 3.63) is 53.4 Å². The molecule has 1 N–H and O–H groups in total. The van der Waals surface area contributed by atoms with Crippen LogP contribution < -0.4 is 10.1 Å². The summed E-state index contributed by atoms with van der Waals surface area (Å²) < 4.78 is 19.3. The molecular formula is C16H20FN3O. The fraction of sp³-hybridized carbons (Fsp3) is 0.375. The molecule has 0 radical (unpaired) electrons. The van der Waals surface area contributed by atoms with Gasteiger partial charge in [-0.1, -0.05) is 32.0 Å². The van der Waals surface area contributed by atoms with Gasteiger partial charge in [-0.2, -0.15) is 0 Å². The molecule has 0 atom stereocenters. The molecule has 112 valence electrons. The van der Waals surface area contributed by atoms with Gasteiger partial charge in [-0.05, 0) is 13.1 Å². The van der Waals surface area contributed by atoms with Crippen LogP contribution in [0, 0.1) is 5.82 Å². The van der Waals surface area contributed by atoms with Crippen LogP contribution in [0.15, 0.2) is 30.5 Å². The van der Waals surface area contributed by atoms with Crippen molar-refractivity contribution in [2.24, 2.45) is 0 Å². The topological polar surface area (TPSA) is 47.0 Å². The second kappa shape index (κ2) is 7.13. The number of halogens is 1. The van der Waals surface area contributed by atoms with Crippen LogP contribution >= 0.6 is 0 Å². The maximum absolute atomic E-state index is 13.6. The Labute approximate surface area is 124 Å². The molecule has 0 aliphatic heterocycles. The molecule has 0 aliphatic carbocycles. The zero-order valence-corrected chi connectivity index (χ0v) is 12.6. The van der Waals surface area contributed by atoms with E-state index in [-0.39, 0.29) is 18.3 Å². The number of hydrogen-bond acceptors (Lipinski definition) is 4. The summed E-state index contributed by atoms with van der Waals surface area (Å²) in [5, 5.41) is 3.06. The van der Waals surface area contributed by atoms with Gasteiger partial charge in [-0.15, -0.1) is 0 Å². The number of hydrogen-bond donors (Lipinski definition) is 1. The van der Waals surface area contributed by atoms with Crippen molar-refractivity contribution in [1.29, 1.82) is 0 Å². The zero-order chi connectivity index (χ0) is 15.2. The third kappa shape index (κ3) is 3.98. The van der Waals surface area contributed by atoms with Crippen molar-refractivity contribution in [3.8, 4) is 5.75 Å². The van der Waals surface area contributed by atoms with Crippen molar-refractivity contribution in [3.63, 3.8) is 0 Å². The van der Waals surface area contributed by atoms with E-state index in [0.717, 1.165) is 11.5 Å². The van der Waals surface area contributed by atoms with Gasteiger partial charge in [-0.25, -0.2) is 14.4 Å². The lowest BCUT2D eigenvalue weighted by molar-refractivity contribution is 0.292. The maximum atomic E-state index is 13.6. The molecule has 1 aromatic heterocycles. The Bertz CT molecular complexity index is 602. The molecule has 1 aromatic carbocycles. The molecule has 0 saturated heterocycles. The Hall–Kier alpha value is -2.01. The summed E-state index contributed by atoms with van der Waals surface area (Å²) in [5.41, 5.74) is 1.30. The summed E-state index contributed by atoms with van der Waals surface area (Å²) in [6.45, 7) is 4.82. The van der Waals surface area contributed by atoms with Gasteiger partial charge >= 0.3 is 0 Å². The highest BCUT2D eigenvalue weighted by atomic mass is 19.1. The fourth-order valence-electron chi connectivity index (χ4n) is 1.89. The summed E-state index contributed by atoms with van der Waals surface area (Å²) >= 11 is 0. The van der Waals surface area contributed by atoms with Crippen LogP contribution in [0.1, 0.15) is 36.8 Å². The number of aromatic nitrogens is 2. The minimum atomic E-state index is -0.271. The second-order valence-electron chi connectivity index (χ2n) is 5.10. The largest absolute Gasteiger partial charge is 0.485 e. The smallest absolute Gasteiger partial charge is 0.160 e. The molecule has 5 heteroatoms. The summed E-state index contributed by atoms with van der Waals surface area (Å²) in [6, 6.07) is 6.57. The van der Waals surface area contributed by atoms with E-state index in [4.69, 9.17) is 4.74 Å². The van der Waals surface area contributed by atoms with E-state index in [1.807, 2.05) is 20.9 Å². The highest BCUT2D eigenvalue weighted by molar-refractivity contribution is 5.26. The molecule has 2 rings (SSSR count). The Morgan fingerprint density at radius 3 is 2.71 bits per heavy atom.